The molecule has 0 bridgehead atoms. The van der Waals surface area contributed by atoms with Gasteiger partial charge in [0.05, 0.1) is 0 Å². The highest BCUT2D eigenvalue weighted by Gasteiger charge is 2.60. The fourth-order valence-corrected chi connectivity index (χ4v) is 6.46. The summed E-state index contributed by atoms with van der Waals surface area (Å²) in [6.45, 7) is 10.8. The molecule has 0 spiro atoms. The van der Waals surface area contributed by atoms with Gasteiger partial charge in [0.1, 0.15) is 11.4 Å². The first-order valence-corrected chi connectivity index (χ1v) is 10.1. The van der Waals surface area contributed by atoms with Gasteiger partial charge in [-0.25, -0.2) is 0 Å². The SMILES string of the molecule is CC(=O)OC1=CC2=C[C@@H]3[C@@]4(C)CCCC(C)(C)[C@@H]4CC[C@]3(C)OC2=CC1=O. The van der Waals surface area contributed by atoms with Crippen molar-refractivity contribution >= 4 is 11.8 Å². The zero-order chi connectivity index (χ0) is 19.6. The molecule has 27 heavy (non-hydrogen) atoms. The number of ketones is 1. The molecule has 0 N–H and O–H groups in total. The van der Waals surface area contributed by atoms with Crippen LogP contribution in [-0.2, 0) is 19.1 Å². The van der Waals surface area contributed by atoms with E-state index in [4.69, 9.17) is 9.47 Å². The number of allylic oxidation sites excluding steroid dienone is 2. The molecule has 4 heteroatoms. The maximum absolute atomic E-state index is 12.3. The van der Waals surface area contributed by atoms with Gasteiger partial charge in [0.15, 0.2) is 5.76 Å². The van der Waals surface area contributed by atoms with E-state index in [1.54, 1.807) is 6.08 Å². The molecule has 0 aromatic heterocycles. The van der Waals surface area contributed by atoms with Crippen LogP contribution in [0.1, 0.15) is 66.7 Å². The topological polar surface area (TPSA) is 52.6 Å². The van der Waals surface area contributed by atoms with Gasteiger partial charge in [-0.1, -0.05) is 33.3 Å². The Labute approximate surface area is 161 Å². The smallest absolute Gasteiger partial charge is 0.308 e. The lowest BCUT2D eigenvalue weighted by atomic mass is 9.45. The lowest BCUT2D eigenvalue weighted by Gasteiger charge is -2.62. The number of fused-ring (bicyclic) bond motifs is 4. The molecule has 0 unspecified atom stereocenters. The summed E-state index contributed by atoms with van der Waals surface area (Å²) in [4.78, 5) is 23.6. The van der Waals surface area contributed by atoms with Crippen LogP contribution < -0.4 is 0 Å². The number of carbonyl (C=O) groups is 2. The van der Waals surface area contributed by atoms with Gasteiger partial charge in [0.2, 0.25) is 5.78 Å². The summed E-state index contributed by atoms with van der Waals surface area (Å²) < 4.78 is 11.6. The summed E-state index contributed by atoms with van der Waals surface area (Å²) in [7, 11) is 0. The zero-order valence-electron chi connectivity index (χ0n) is 17.1. The standard InChI is InChI=1S/C23H30O4/c1-14(24)26-18-11-15-12-20-22(4)9-6-8-21(2,3)19(22)7-10-23(20,5)27-17(15)13-16(18)25/h11-13,19-20H,6-10H2,1-5H3/t19-,20+,22-,23-/m0/s1. The summed E-state index contributed by atoms with van der Waals surface area (Å²) in [5.41, 5.74) is 1.09. The van der Waals surface area contributed by atoms with Gasteiger partial charge in [0, 0.05) is 24.5 Å². The van der Waals surface area contributed by atoms with E-state index in [1.807, 2.05) is 0 Å². The normalized spacial score (nSPS) is 39.6. The number of ether oxygens (including phenoxy) is 2. The van der Waals surface area contributed by atoms with E-state index in [1.165, 1.54) is 32.3 Å². The Bertz CT molecular complexity index is 799. The Balaban J connectivity index is 1.77. The van der Waals surface area contributed by atoms with Crippen LogP contribution in [0.2, 0.25) is 0 Å². The Kier molecular flexibility index (Phi) is 4.00. The lowest BCUT2D eigenvalue weighted by Crippen LogP contribution is -2.58. The quantitative estimate of drug-likeness (QED) is 0.619. The molecule has 0 amide bonds. The van der Waals surface area contributed by atoms with Crippen LogP contribution in [0.25, 0.3) is 0 Å². The molecule has 1 heterocycles. The highest BCUT2D eigenvalue weighted by Crippen LogP contribution is 2.64. The Morgan fingerprint density at radius 2 is 1.89 bits per heavy atom. The number of carbonyl (C=O) groups excluding carboxylic acids is 2. The summed E-state index contributed by atoms with van der Waals surface area (Å²) >= 11 is 0. The van der Waals surface area contributed by atoms with Crippen molar-refractivity contribution in [3.63, 3.8) is 0 Å². The minimum atomic E-state index is -0.479. The van der Waals surface area contributed by atoms with Crippen LogP contribution in [0.4, 0.5) is 0 Å². The number of hydrogen-bond acceptors (Lipinski definition) is 4. The Morgan fingerprint density at radius 1 is 1.15 bits per heavy atom. The van der Waals surface area contributed by atoms with Gasteiger partial charge in [-0.2, -0.15) is 0 Å². The molecular weight excluding hydrogens is 340 g/mol. The second-order valence-electron chi connectivity index (χ2n) is 9.93. The largest absolute Gasteiger partial charge is 0.486 e. The van der Waals surface area contributed by atoms with Crippen LogP contribution in [0.5, 0.6) is 0 Å². The minimum Gasteiger partial charge on any atom is -0.486 e. The summed E-state index contributed by atoms with van der Waals surface area (Å²) in [5.74, 6) is 0.854. The van der Waals surface area contributed by atoms with Gasteiger partial charge >= 0.3 is 5.97 Å². The predicted octanol–water partition coefficient (Wildman–Crippen LogP) is 4.86. The third kappa shape index (κ3) is 2.79. The fraction of sp³-hybridized carbons (Fsp3) is 0.652. The van der Waals surface area contributed by atoms with Gasteiger partial charge in [-0.15, -0.1) is 0 Å². The van der Waals surface area contributed by atoms with E-state index in [9.17, 15) is 9.59 Å². The van der Waals surface area contributed by atoms with Crippen molar-refractivity contribution in [3.05, 3.63) is 35.3 Å². The molecule has 0 saturated heterocycles. The van der Waals surface area contributed by atoms with Crippen LogP contribution in [-0.4, -0.2) is 17.4 Å². The number of esters is 1. The van der Waals surface area contributed by atoms with Crippen LogP contribution in [0.15, 0.2) is 35.3 Å². The third-order valence-corrected chi connectivity index (χ3v) is 7.59. The van der Waals surface area contributed by atoms with E-state index < -0.39 is 5.97 Å². The molecule has 0 aromatic rings. The van der Waals surface area contributed by atoms with Crippen molar-refractivity contribution in [2.24, 2.45) is 22.7 Å². The Hall–Kier alpha value is -1.84. The first kappa shape index (κ1) is 18.5. The van der Waals surface area contributed by atoms with Crippen molar-refractivity contribution in [2.45, 2.75) is 72.3 Å². The van der Waals surface area contributed by atoms with E-state index in [0.717, 1.165) is 18.4 Å². The van der Waals surface area contributed by atoms with Crippen LogP contribution in [0, 0.1) is 22.7 Å². The predicted molar refractivity (Wildman–Crippen MR) is 102 cm³/mol. The van der Waals surface area contributed by atoms with Crippen LogP contribution in [0.3, 0.4) is 0 Å². The highest BCUT2D eigenvalue weighted by molar-refractivity contribution is 6.06. The molecule has 2 fully saturated rings. The van der Waals surface area contributed by atoms with Crippen molar-refractivity contribution < 1.29 is 19.1 Å². The Morgan fingerprint density at radius 3 is 2.59 bits per heavy atom. The molecule has 2 saturated carbocycles. The van der Waals surface area contributed by atoms with E-state index in [2.05, 4.69) is 33.8 Å². The van der Waals surface area contributed by atoms with Gasteiger partial charge in [-0.3, -0.25) is 9.59 Å². The van der Waals surface area contributed by atoms with Gasteiger partial charge in [-0.05, 0) is 55.4 Å². The first-order valence-electron chi connectivity index (χ1n) is 10.1. The van der Waals surface area contributed by atoms with Crippen molar-refractivity contribution in [3.8, 4) is 0 Å². The second-order valence-corrected chi connectivity index (χ2v) is 9.93. The molecular formula is C23H30O4. The molecule has 4 nitrogen and oxygen atoms in total. The lowest BCUT2D eigenvalue weighted by molar-refractivity contribution is -0.163. The van der Waals surface area contributed by atoms with E-state index in [-0.39, 0.29) is 28.5 Å². The van der Waals surface area contributed by atoms with E-state index in [0.29, 0.717) is 17.1 Å². The minimum absolute atomic E-state index is 0.0891. The maximum atomic E-state index is 12.3. The fourth-order valence-electron chi connectivity index (χ4n) is 6.46. The van der Waals surface area contributed by atoms with Gasteiger partial charge < -0.3 is 9.47 Å². The second kappa shape index (κ2) is 5.83. The summed E-state index contributed by atoms with van der Waals surface area (Å²) in [6, 6.07) is 0. The molecule has 4 rings (SSSR count). The zero-order valence-corrected chi connectivity index (χ0v) is 17.1. The molecule has 4 aliphatic rings. The highest BCUT2D eigenvalue weighted by atomic mass is 16.5. The van der Waals surface area contributed by atoms with Crippen LogP contribution >= 0.6 is 0 Å². The summed E-state index contributed by atoms with van der Waals surface area (Å²) in [6.07, 6.45) is 11.3. The molecule has 4 atom stereocenters. The average Bonchev–Trinajstić information content (AvgIpc) is 2.53. The third-order valence-electron chi connectivity index (χ3n) is 7.59. The van der Waals surface area contributed by atoms with Crippen molar-refractivity contribution in [1.29, 1.82) is 0 Å². The molecule has 146 valence electrons. The van der Waals surface area contributed by atoms with Crippen molar-refractivity contribution in [2.75, 3.05) is 0 Å². The summed E-state index contributed by atoms with van der Waals surface area (Å²) in [5, 5.41) is 0. The number of hydrogen-bond donors (Lipinski definition) is 0. The molecule has 3 aliphatic carbocycles. The van der Waals surface area contributed by atoms with E-state index >= 15 is 0 Å². The number of rotatable bonds is 1. The average molecular weight is 370 g/mol. The first-order chi connectivity index (χ1) is 12.6. The maximum Gasteiger partial charge on any atom is 0.308 e. The van der Waals surface area contributed by atoms with Crippen molar-refractivity contribution in [1.82, 2.24) is 0 Å². The van der Waals surface area contributed by atoms with Gasteiger partial charge in [0.25, 0.3) is 0 Å². The molecule has 0 aromatic carbocycles. The molecule has 0 radical (unpaired) electrons. The monoisotopic (exact) mass is 370 g/mol. The molecule has 1 aliphatic heterocycles.